The van der Waals surface area contributed by atoms with Crippen LogP contribution in [0.1, 0.15) is 70.3 Å². The van der Waals surface area contributed by atoms with Gasteiger partial charge in [-0.3, -0.25) is 9.80 Å². The first kappa shape index (κ1) is 22.8. The normalized spacial score (nSPS) is 34.2. The van der Waals surface area contributed by atoms with Gasteiger partial charge < -0.3 is 14.4 Å². The molecule has 2 spiro atoms. The maximum Gasteiger partial charge on any atom is 0.414 e. The van der Waals surface area contributed by atoms with Gasteiger partial charge in [0.15, 0.2) is 0 Å². The number of likely N-dealkylation sites (tertiary alicyclic amines) is 2. The number of ether oxygens (including phenoxy) is 2. The van der Waals surface area contributed by atoms with E-state index in [4.69, 9.17) is 9.47 Å². The van der Waals surface area contributed by atoms with Crippen molar-refractivity contribution in [2.45, 2.75) is 93.9 Å². The summed E-state index contributed by atoms with van der Waals surface area (Å²) in [5.74, 6) is 0.331. The second-order valence-corrected chi connectivity index (χ2v) is 11.9. The van der Waals surface area contributed by atoms with Crippen LogP contribution in [-0.2, 0) is 14.9 Å². The number of anilines is 1. The summed E-state index contributed by atoms with van der Waals surface area (Å²) in [6, 6.07) is 5.69. The molecule has 36 heavy (non-hydrogen) atoms. The van der Waals surface area contributed by atoms with E-state index in [1.54, 1.807) is 17.0 Å². The number of benzene rings is 1. The van der Waals surface area contributed by atoms with Crippen LogP contribution < -0.4 is 4.90 Å². The predicted molar refractivity (Wildman–Crippen MR) is 131 cm³/mol. The molecule has 4 atom stereocenters. The van der Waals surface area contributed by atoms with E-state index in [0.29, 0.717) is 31.2 Å². The molecule has 2 saturated heterocycles. The summed E-state index contributed by atoms with van der Waals surface area (Å²) >= 11 is 0. The van der Waals surface area contributed by atoms with Gasteiger partial charge in [-0.2, -0.15) is 0 Å². The van der Waals surface area contributed by atoms with Gasteiger partial charge in [-0.15, -0.1) is 0 Å². The summed E-state index contributed by atoms with van der Waals surface area (Å²) in [5, 5.41) is 0. The van der Waals surface area contributed by atoms with E-state index in [0.717, 1.165) is 75.7 Å². The number of fused-ring (bicyclic) bond motifs is 2. The molecule has 3 saturated carbocycles. The van der Waals surface area contributed by atoms with E-state index < -0.39 is 0 Å². The number of piperidine rings is 2. The minimum Gasteiger partial charge on any atom is -0.450 e. The third-order valence-corrected chi connectivity index (χ3v) is 10.4. The lowest BCUT2D eigenvalue weighted by Crippen LogP contribution is -2.49. The zero-order valence-electron chi connectivity index (χ0n) is 21.1. The fourth-order valence-corrected chi connectivity index (χ4v) is 8.39. The van der Waals surface area contributed by atoms with Gasteiger partial charge in [0.25, 0.3) is 0 Å². The van der Waals surface area contributed by atoms with Crippen LogP contribution in [0.3, 0.4) is 0 Å². The van der Waals surface area contributed by atoms with Gasteiger partial charge in [-0.1, -0.05) is 0 Å². The van der Waals surface area contributed by atoms with Crippen LogP contribution in [0.5, 0.6) is 0 Å². The molecule has 4 unspecified atom stereocenters. The van der Waals surface area contributed by atoms with Crippen LogP contribution in [0.25, 0.3) is 0 Å². The van der Waals surface area contributed by atoms with E-state index in [2.05, 4.69) is 4.90 Å². The second-order valence-electron chi connectivity index (χ2n) is 11.9. The average Bonchev–Trinajstić information content (AvgIpc) is 3.09. The Kier molecular flexibility index (Phi) is 5.12. The van der Waals surface area contributed by atoms with Gasteiger partial charge in [0, 0.05) is 18.0 Å². The van der Waals surface area contributed by atoms with Gasteiger partial charge >= 0.3 is 12.2 Å². The summed E-state index contributed by atoms with van der Waals surface area (Å²) in [4.78, 5) is 32.0. The Morgan fingerprint density at radius 1 is 1.11 bits per heavy atom. The minimum absolute atomic E-state index is 0.0250. The number of amides is 2. The molecule has 2 amide bonds. The van der Waals surface area contributed by atoms with Crippen LogP contribution in [0, 0.1) is 11.7 Å². The fraction of sp³-hybridized carbons (Fsp3) is 0.714. The standard InChI is InChI=1S/C28H36FN3O4/c1-2-35-26(34)32-24-9-6-18-14-20(16-28(18,24)32)30-12-10-27(11-13-30)17-31(25(33)36-21-4-3-5-21)23-8-7-19(29)15-22(23)27/h7-8,15,18,20-21,24H,2-6,9-14,16-17H2,1H3. The van der Waals surface area contributed by atoms with Crippen LogP contribution >= 0.6 is 0 Å². The zero-order valence-corrected chi connectivity index (χ0v) is 21.1. The van der Waals surface area contributed by atoms with Crippen molar-refractivity contribution in [2.24, 2.45) is 5.92 Å². The number of hydrogen-bond donors (Lipinski definition) is 0. The van der Waals surface area contributed by atoms with Gasteiger partial charge in [0.05, 0.1) is 23.9 Å². The molecule has 194 valence electrons. The molecule has 0 bridgehead atoms. The van der Waals surface area contributed by atoms with E-state index in [1.807, 2.05) is 11.8 Å². The molecule has 5 fully saturated rings. The van der Waals surface area contributed by atoms with Crippen LogP contribution in [0.4, 0.5) is 19.7 Å². The third-order valence-electron chi connectivity index (χ3n) is 10.4. The van der Waals surface area contributed by atoms with Crippen molar-refractivity contribution in [3.63, 3.8) is 0 Å². The highest BCUT2D eigenvalue weighted by molar-refractivity contribution is 5.91. The highest BCUT2D eigenvalue weighted by Gasteiger charge is 2.75. The topological polar surface area (TPSA) is 62.1 Å². The first-order valence-electron chi connectivity index (χ1n) is 13.9. The molecule has 1 aromatic carbocycles. The quantitative estimate of drug-likeness (QED) is 0.561. The van der Waals surface area contributed by atoms with E-state index in [1.165, 1.54) is 12.5 Å². The van der Waals surface area contributed by atoms with E-state index in [-0.39, 0.29) is 35.1 Å². The first-order chi connectivity index (χ1) is 17.4. The molecule has 0 N–H and O–H groups in total. The lowest BCUT2D eigenvalue weighted by Gasteiger charge is -2.42. The van der Waals surface area contributed by atoms with Crippen molar-refractivity contribution in [2.75, 3.05) is 31.1 Å². The molecule has 3 heterocycles. The number of rotatable bonds is 3. The Balaban J connectivity index is 1.05. The predicted octanol–water partition coefficient (Wildman–Crippen LogP) is 4.82. The number of carbonyl (C=O) groups is 2. The molecule has 8 heteroatoms. The smallest absolute Gasteiger partial charge is 0.414 e. The van der Waals surface area contributed by atoms with Gasteiger partial charge in [-0.25, -0.2) is 14.0 Å². The highest BCUT2D eigenvalue weighted by atomic mass is 19.1. The Hall–Kier alpha value is -2.35. The zero-order chi connectivity index (χ0) is 24.7. The molecule has 7 rings (SSSR count). The molecule has 0 radical (unpaired) electrons. The Morgan fingerprint density at radius 2 is 1.92 bits per heavy atom. The number of hydrogen-bond acceptors (Lipinski definition) is 5. The fourth-order valence-electron chi connectivity index (χ4n) is 8.39. The monoisotopic (exact) mass is 497 g/mol. The third kappa shape index (κ3) is 3.18. The number of nitrogens with zero attached hydrogens (tertiary/aromatic N) is 3. The maximum absolute atomic E-state index is 14.4. The molecular weight excluding hydrogens is 461 g/mol. The maximum atomic E-state index is 14.4. The lowest BCUT2D eigenvalue weighted by atomic mass is 9.74. The average molecular weight is 498 g/mol. The van der Waals surface area contributed by atoms with Gasteiger partial charge in [0.2, 0.25) is 0 Å². The van der Waals surface area contributed by atoms with Crippen LogP contribution in [0.15, 0.2) is 18.2 Å². The number of carbonyl (C=O) groups excluding carboxylic acids is 2. The van der Waals surface area contributed by atoms with Gasteiger partial charge in [0.1, 0.15) is 11.9 Å². The van der Waals surface area contributed by atoms with Crippen molar-refractivity contribution >= 4 is 17.9 Å². The summed E-state index contributed by atoms with van der Waals surface area (Å²) in [7, 11) is 0. The first-order valence-corrected chi connectivity index (χ1v) is 13.9. The summed E-state index contributed by atoms with van der Waals surface area (Å²) < 4.78 is 25.5. The SMILES string of the molecule is CCOC(=O)N1C2CCC3CC(N4CCC5(CC4)CN(C(=O)OC4CCC4)c4ccc(F)cc45)CC321. The lowest BCUT2D eigenvalue weighted by molar-refractivity contribution is 0.0561. The molecule has 6 aliphatic rings. The summed E-state index contributed by atoms with van der Waals surface area (Å²) in [5.41, 5.74) is 1.58. The van der Waals surface area contributed by atoms with E-state index in [9.17, 15) is 14.0 Å². The molecule has 0 aromatic heterocycles. The number of halogens is 1. The highest BCUT2D eigenvalue weighted by Crippen LogP contribution is 2.65. The van der Waals surface area contributed by atoms with Crippen molar-refractivity contribution in [1.82, 2.24) is 9.80 Å². The van der Waals surface area contributed by atoms with Crippen molar-refractivity contribution in [3.05, 3.63) is 29.6 Å². The molecule has 3 aliphatic carbocycles. The molecule has 7 nitrogen and oxygen atoms in total. The van der Waals surface area contributed by atoms with E-state index >= 15 is 0 Å². The molecule has 1 aromatic rings. The minimum atomic E-state index is -0.284. The summed E-state index contributed by atoms with van der Waals surface area (Å²) in [6.45, 7) is 4.72. The van der Waals surface area contributed by atoms with Crippen LogP contribution in [-0.4, -0.2) is 72.0 Å². The Bertz CT molecular complexity index is 1080. The Labute approximate surface area is 211 Å². The van der Waals surface area contributed by atoms with Crippen molar-refractivity contribution < 1.29 is 23.5 Å². The Morgan fingerprint density at radius 3 is 2.64 bits per heavy atom. The molecule has 3 aliphatic heterocycles. The second kappa shape index (κ2) is 8.07. The van der Waals surface area contributed by atoms with Crippen LogP contribution in [0.2, 0.25) is 0 Å². The van der Waals surface area contributed by atoms with Crippen molar-refractivity contribution in [3.8, 4) is 0 Å². The summed E-state index contributed by atoms with van der Waals surface area (Å²) in [6.07, 6.45) is 8.89. The van der Waals surface area contributed by atoms with Crippen molar-refractivity contribution in [1.29, 1.82) is 0 Å². The molecular formula is C28H36FN3O4. The van der Waals surface area contributed by atoms with Gasteiger partial charge in [-0.05, 0) is 107 Å². The largest absolute Gasteiger partial charge is 0.450 e.